The van der Waals surface area contributed by atoms with Crippen LogP contribution in [-0.4, -0.2) is 58.3 Å². The molecule has 0 saturated heterocycles. The summed E-state index contributed by atoms with van der Waals surface area (Å²) in [6.07, 6.45) is -0.136. The first-order valence-corrected chi connectivity index (χ1v) is 7.58. The molecule has 0 bridgehead atoms. The van der Waals surface area contributed by atoms with Gasteiger partial charge in [-0.25, -0.2) is 9.59 Å². The predicted molar refractivity (Wildman–Crippen MR) is 92.9 cm³/mol. The number of nitrogens with one attached hydrogen (secondary N) is 2. The first kappa shape index (κ1) is 23.0. The van der Waals surface area contributed by atoms with E-state index in [9.17, 15) is 9.59 Å². The van der Waals surface area contributed by atoms with Gasteiger partial charge in [0.05, 0.1) is 6.42 Å². The third-order valence-electron chi connectivity index (χ3n) is 3.07. The van der Waals surface area contributed by atoms with Crippen molar-refractivity contribution in [1.29, 1.82) is 0 Å². The zero-order valence-electron chi connectivity index (χ0n) is 14.5. The number of anilines is 1. The largest absolute Gasteiger partial charge is 0.480 e. The summed E-state index contributed by atoms with van der Waals surface area (Å²) in [6.45, 7) is 4.49. The van der Waals surface area contributed by atoms with Gasteiger partial charge in [0.2, 0.25) is 5.91 Å². The van der Waals surface area contributed by atoms with Crippen LogP contribution in [0.15, 0.2) is 18.2 Å². The monoisotopic (exact) mass is 369 g/mol. The highest BCUT2D eigenvalue weighted by molar-refractivity contribution is 6.27. The highest BCUT2D eigenvalue weighted by atomic mass is 16.4. The molecule has 144 valence electrons. The number of hydrogen-bond donors (Lipinski definition) is 6. The van der Waals surface area contributed by atoms with Gasteiger partial charge in [-0.3, -0.25) is 9.59 Å². The second-order valence-corrected chi connectivity index (χ2v) is 5.31. The SMILES string of the molecule is Cc1ccc(C)c(NC(=O)CC(NCCN)C(=O)O)c1.O=C(O)C(=O)O. The van der Waals surface area contributed by atoms with Crippen molar-refractivity contribution in [2.45, 2.75) is 26.3 Å². The second-order valence-electron chi connectivity index (χ2n) is 5.31. The molecule has 0 aliphatic heterocycles. The normalized spacial score (nSPS) is 10.9. The van der Waals surface area contributed by atoms with Crippen LogP contribution in [0.2, 0.25) is 0 Å². The van der Waals surface area contributed by atoms with Crippen LogP contribution in [0.3, 0.4) is 0 Å². The van der Waals surface area contributed by atoms with E-state index >= 15 is 0 Å². The van der Waals surface area contributed by atoms with Crippen molar-refractivity contribution < 1.29 is 34.5 Å². The zero-order chi connectivity index (χ0) is 20.3. The van der Waals surface area contributed by atoms with E-state index in [1.807, 2.05) is 32.0 Å². The Morgan fingerprint density at radius 2 is 1.65 bits per heavy atom. The Labute approximate surface area is 150 Å². The smallest absolute Gasteiger partial charge is 0.414 e. The Kier molecular flexibility index (Phi) is 10.2. The molecule has 0 aromatic heterocycles. The summed E-state index contributed by atoms with van der Waals surface area (Å²) < 4.78 is 0. The molecule has 0 radical (unpaired) electrons. The molecular weight excluding hydrogens is 346 g/mol. The summed E-state index contributed by atoms with van der Waals surface area (Å²) in [5.41, 5.74) is 7.98. The van der Waals surface area contributed by atoms with Gasteiger partial charge in [-0.05, 0) is 31.0 Å². The average Bonchev–Trinajstić information content (AvgIpc) is 2.55. The van der Waals surface area contributed by atoms with Crippen molar-refractivity contribution in [3.8, 4) is 0 Å². The van der Waals surface area contributed by atoms with Crippen LogP contribution in [0.4, 0.5) is 5.69 Å². The molecule has 1 amide bonds. The third kappa shape index (κ3) is 9.35. The summed E-state index contributed by atoms with van der Waals surface area (Å²) >= 11 is 0. The van der Waals surface area contributed by atoms with E-state index in [0.29, 0.717) is 18.8 Å². The molecule has 26 heavy (non-hydrogen) atoms. The van der Waals surface area contributed by atoms with Crippen LogP contribution < -0.4 is 16.4 Å². The number of benzene rings is 1. The molecular formula is C16H23N3O7. The van der Waals surface area contributed by atoms with Gasteiger partial charge in [-0.1, -0.05) is 12.1 Å². The van der Waals surface area contributed by atoms with Gasteiger partial charge in [-0.2, -0.15) is 0 Å². The lowest BCUT2D eigenvalue weighted by atomic mass is 10.1. The van der Waals surface area contributed by atoms with Gasteiger partial charge in [0.1, 0.15) is 6.04 Å². The second kappa shape index (κ2) is 11.6. The lowest BCUT2D eigenvalue weighted by Gasteiger charge is -2.14. The number of carbonyl (C=O) groups is 4. The summed E-state index contributed by atoms with van der Waals surface area (Å²) in [7, 11) is 0. The van der Waals surface area contributed by atoms with Crippen LogP contribution in [-0.2, 0) is 19.2 Å². The van der Waals surface area contributed by atoms with Gasteiger partial charge in [0, 0.05) is 18.8 Å². The van der Waals surface area contributed by atoms with Crippen molar-refractivity contribution >= 4 is 29.5 Å². The van der Waals surface area contributed by atoms with Gasteiger partial charge in [-0.15, -0.1) is 0 Å². The van der Waals surface area contributed by atoms with E-state index < -0.39 is 23.9 Å². The van der Waals surface area contributed by atoms with Gasteiger partial charge < -0.3 is 31.7 Å². The fourth-order valence-corrected chi connectivity index (χ4v) is 1.76. The molecule has 0 saturated carbocycles. The number of amides is 1. The zero-order valence-corrected chi connectivity index (χ0v) is 14.5. The number of rotatable bonds is 7. The number of carbonyl (C=O) groups excluding carboxylic acids is 1. The molecule has 1 aromatic carbocycles. The quantitative estimate of drug-likeness (QED) is 0.354. The summed E-state index contributed by atoms with van der Waals surface area (Å²) in [5, 5.41) is 29.3. The number of aryl methyl sites for hydroxylation is 2. The van der Waals surface area contributed by atoms with Crippen molar-refractivity contribution in [1.82, 2.24) is 5.32 Å². The van der Waals surface area contributed by atoms with Crippen molar-refractivity contribution in [3.63, 3.8) is 0 Å². The van der Waals surface area contributed by atoms with E-state index in [1.165, 1.54) is 0 Å². The standard InChI is InChI=1S/C14H21N3O3.C2H2O4/c1-9-3-4-10(2)11(7-9)17-13(18)8-12(14(19)20)16-6-5-15;3-1(4)2(5)6/h3-4,7,12,16H,5-6,8,15H2,1-2H3,(H,17,18)(H,19,20);(H,3,4)(H,5,6). The Morgan fingerprint density at radius 3 is 2.12 bits per heavy atom. The number of hydrogen-bond acceptors (Lipinski definition) is 6. The number of carboxylic acid groups (broad SMARTS) is 3. The highest BCUT2D eigenvalue weighted by Gasteiger charge is 2.20. The summed E-state index contributed by atoms with van der Waals surface area (Å²) in [6, 6.07) is 4.79. The van der Waals surface area contributed by atoms with E-state index in [2.05, 4.69) is 10.6 Å². The number of carboxylic acids is 3. The lowest BCUT2D eigenvalue weighted by molar-refractivity contribution is -0.159. The topological polar surface area (TPSA) is 179 Å². The number of aliphatic carboxylic acids is 3. The first-order chi connectivity index (χ1) is 12.1. The van der Waals surface area contributed by atoms with Crippen LogP contribution in [0, 0.1) is 13.8 Å². The predicted octanol–water partition coefficient (Wildman–Crippen LogP) is -0.211. The molecule has 10 nitrogen and oxygen atoms in total. The van der Waals surface area contributed by atoms with Gasteiger partial charge in [0.25, 0.3) is 0 Å². The fraction of sp³-hybridized carbons (Fsp3) is 0.375. The Bertz CT molecular complexity index is 649. The maximum atomic E-state index is 11.9. The molecule has 1 unspecified atom stereocenters. The van der Waals surface area contributed by atoms with E-state index in [-0.39, 0.29) is 12.3 Å². The van der Waals surface area contributed by atoms with Gasteiger partial charge in [0.15, 0.2) is 0 Å². The molecule has 1 aromatic rings. The molecule has 0 heterocycles. The Hall–Kier alpha value is -2.98. The van der Waals surface area contributed by atoms with E-state index in [1.54, 1.807) is 0 Å². The Balaban J connectivity index is 0.000000896. The van der Waals surface area contributed by atoms with Crippen LogP contribution >= 0.6 is 0 Å². The molecule has 1 atom stereocenters. The third-order valence-corrected chi connectivity index (χ3v) is 3.07. The molecule has 1 rings (SSSR count). The molecule has 0 fully saturated rings. The van der Waals surface area contributed by atoms with E-state index in [4.69, 9.17) is 30.6 Å². The average molecular weight is 369 g/mol. The van der Waals surface area contributed by atoms with Crippen molar-refractivity contribution in [2.75, 3.05) is 18.4 Å². The minimum atomic E-state index is -1.82. The minimum Gasteiger partial charge on any atom is -0.480 e. The fourth-order valence-electron chi connectivity index (χ4n) is 1.76. The van der Waals surface area contributed by atoms with E-state index in [0.717, 1.165) is 11.1 Å². The van der Waals surface area contributed by atoms with Crippen LogP contribution in [0.1, 0.15) is 17.5 Å². The first-order valence-electron chi connectivity index (χ1n) is 7.58. The summed E-state index contributed by atoms with van der Waals surface area (Å²) in [5.74, 6) is -5.05. The molecule has 0 aliphatic rings. The maximum Gasteiger partial charge on any atom is 0.414 e. The molecule has 7 N–H and O–H groups in total. The molecule has 0 aliphatic carbocycles. The van der Waals surface area contributed by atoms with Crippen LogP contribution in [0.5, 0.6) is 0 Å². The van der Waals surface area contributed by atoms with Crippen molar-refractivity contribution in [2.24, 2.45) is 5.73 Å². The number of nitrogens with two attached hydrogens (primary N) is 1. The minimum absolute atomic E-state index is 0.136. The van der Waals surface area contributed by atoms with Crippen molar-refractivity contribution in [3.05, 3.63) is 29.3 Å². The Morgan fingerprint density at radius 1 is 1.08 bits per heavy atom. The summed E-state index contributed by atoms with van der Waals surface area (Å²) in [4.78, 5) is 41.1. The molecule has 0 spiro atoms. The lowest BCUT2D eigenvalue weighted by Crippen LogP contribution is -2.41. The van der Waals surface area contributed by atoms with Crippen LogP contribution in [0.25, 0.3) is 0 Å². The van der Waals surface area contributed by atoms with Gasteiger partial charge >= 0.3 is 17.9 Å². The highest BCUT2D eigenvalue weighted by Crippen LogP contribution is 2.16. The molecule has 10 heteroatoms. The maximum absolute atomic E-state index is 11.9.